The first-order valence-corrected chi connectivity index (χ1v) is 4.33. The summed E-state index contributed by atoms with van der Waals surface area (Å²) in [6.07, 6.45) is 0.305. The molecule has 4 nitrogen and oxygen atoms in total. The number of benzene rings is 1. The zero-order valence-electron chi connectivity index (χ0n) is 7.56. The van der Waals surface area contributed by atoms with Crippen LogP contribution in [0.1, 0.15) is 18.0 Å². The molecular formula is C10H10N2O2. The monoisotopic (exact) mass is 190 g/mol. The third kappa shape index (κ3) is 1.50. The summed E-state index contributed by atoms with van der Waals surface area (Å²) in [4.78, 5) is 0. The molecule has 0 amide bonds. The predicted molar refractivity (Wildman–Crippen MR) is 49.7 cm³/mol. The summed E-state index contributed by atoms with van der Waals surface area (Å²) in [6, 6.07) is 7.28. The highest BCUT2D eigenvalue weighted by atomic mass is 16.7. The first-order chi connectivity index (χ1) is 6.81. The van der Waals surface area contributed by atoms with Gasteiger partial charge in [-0.15, -0.1) is 0 Å². The second kappa shape index (κ2) is 3.56. The number of nitriles is 1. The standard InChI is InChI=1S/C10H10N2O2/c11-4-3-8(12)7-1-2-9-10(5-7)14-6-13-9/h1-2,5,8H,3,6,12H2/t8-/m0/s1. The molecule has 2 rings (SSSR count). The van der Waals surface area contributed by atoms with Crippen LogP contribution >= 0.6 is 0 Å². The minimum Gasteiger partial charge on any atom is -0.454 e. The molecule has 1 aliphatic rings. The summed E-state index contributed by atoms with van der Waals surface area (Å²) >= 11 is 0. The lowest BCUT2D eigenvalue weighted by atomic mass is 10.1. The Hall–Kier alpha value is -1.73. The fourth-order valence-corrected chi connectivity index (χ4v) is 1.36. The summed E-state index contributed by atoms with van der Waals surface area (Å²) < 4.78 is 10.4. The second-order valence-corrected chi connectivity index (χ2v) is 3.08. The highest BCUT2D eigenvalue weighted by Gasteiger charge is 2.15. The molecule has 0 aliphatic carbocycles. The van der Waals surface area contributed by atoms with Gasteiger partial charge in [0, 0.05) is 6.04 Å². The van der Waals surface area contributed by atoms with E-state index in [9.17, 15) is 0 Å². The van der Waals surface area contributed by atoms with Crippen molar-refractivity contribution in [3.63, 3.8) is 0 Å². The van der Waals surface area contributed by atoms with E-state index in [0.717, 1.165) is 11.3 Å². The Labute approximate surface area is 81.8 Å². The summed E-state index contributed by atoms with van der Waals surface area (Å²) in [6.45, 7) is 0.256. The molecule has 0 radical (unpaired) electrons. The minimum absolute atomic E-state index is 0.255. The molecular weight excluding hydrogens is 180 g/mol. The number of nitrogens with zero attached hydrogens (tertiary/aromatic N) is 1. The Morgan fingerprint density at radius 2 is 2.21 bits per heavy atom. The van der Waals surface area contributed by atoms with E-state index in [1.807, 2.05) is 24.3 Å². The van der Waals surface area contributed by atoms with Gasteiger partial charge >= 0.3 is 0 Å². The van der Waals surface area contributed by atoms with Gasteiger partial charge in [-0.05, 0) is 17.7 Å². The van der Waals surface area contributed by atoms with E-state index in [2.05, 4.69) is 0 Å². The van der Waals surface area contributed by atoms with Crippen LogP contribution in [0.3, 0.4) is 0 Å². The van der Waals surface area contributed by atoms with Crippen molar-refractivity contribution < 1.29 is 9.47 Å². The maximum Gasteiger partial charge on any atom is 0.231 e. The molecule has 72 valence electrons. The van der Waals surface area contributed by atoms with Gasteiger partial charge in [0.2, 0.25) is 6.79 Å². The Morgan fingerprint density at radius 1 is 1.43 bits per heavy atom. The molecule has 0 spiro atoms. The highest BCUT2D eigenvalue weighted by Crippen LogP contribution is 2.34. The van der Waals surface area contributed by atoms with Crippen molar-refractivity contribution in [1.29, 1.82) is 5.26 Å². The summed E-state index contributed by atoms with van der Waals surface area (Å²) in [5.41, 5.74) is 6.68. The summed E-state index contributed by atoms with van der Waals surface area (Å²) in [7, 11) is 0. The van der Waals surface area contributed by atoms with Crippen LogP contribution in [0, 0.1) is 11.3 Å². The quantitative estimate of drug-likeness (QED) is 0.763. The summed E-state index contributed by atoms with van der Waals surface area (Å²) in [5, 5.41) is 8.51. The molecule has 1 atom stereocenters. The maximum atomic E-state index is 8.51. The predicted octanol–water partition coefficient (Wildman–Crippen LogP) is 1.33. The molecule has 0 saturated carbocycles. The van der Waals surface area contributed by atoms with E-state index in [4.69, 9.17) is 20.5 Å². The zero-order chi connectivity index (χ0) is 9.97. The highest BCUT2D eigenvalue weighted by molar-refractivity contribution is 5.45. The van der Waals surface area contributed by atoms with Crippen LogP contribution in [0.15, 0.2) is 18.2 Å². The van der Waals surface area contributed by atoms with Gasteiger partial charge in [-0.1, -0.05) is 6.07 Å². The van der Waals surface area contributed by atoms with Crippen LogP contribution in [-0.2, 0) is 0 Å². The lowest BCUT2D eigenvalue weighted by Gasteiger charge is -2.07. The third-order valence-electron chi connectivity index (χ3n) is 2.14. The van der Waals surface area contributed by atoms with Crippen molar-refractivity contribution in [2.45, 2.75) is 12.5 Å². The van der Waals surface area contributed by atoms with Gasteiger partial charge in [0.05, 0.1) is 12.5 Å². The molecule has 1 aromatic carbocycles. The molecule has 1 heterocycles. The second-order valence-electron chi connectivity index (χ2n) is 3.08. The van der Waals surface area contributed by atoms with Crippen molar-refractivity contribution in [3.8, 4) is 17.6 Å². The smallest absolute Gasteiger partial charge is 0.231 e. The zero-order valence-corrected chi connectivity index (χ0v) is 7.56. The van der Waals surface area contributed by atoms with Crippen molar-refractivity contribution in [3.05, 3.63) is 23.8 Å². The van der Waals surface area contributed by atoms with Crippen LogP contribution in [0.2, 0.25) is 0 Å². The number of hydrogen-bond acceptors (Lipinski definition) is 4. The molecule has 0 saturated heterocycles. The summed E-state index contributed by atoms with van der Waals surface area (Å²) in [5.74, 6) is 1.44. The Morgan fingerprint density at radius 3 is 3.00 bits per heavy atom. The van der Waals surface area contributed by atoms with Crippen molar-refractivity contribution >= 4 is 0 Å². The average Bonchev–Trinajstić information content (AvgIpc) is 2.64. The normalized spacial score (nSPS) is 14.9. The minimum atomic E-state index is -0.255. The van der Waals surface area contributed by atoms with Gasteiger partial charge in [-0.3, -0.25) is 0 Å². The van der Waals surface area contributed by atoms with E-state index in [1.165, 1.54) is 0 Å². The fourth-order valence-electron chi connectivity index (χ4n) is 1.36. The van der Waals surface area contributed by atoms with E-state index < -0.39 is 0 Å². The third-order valence-corrected chi connectivity index (χ3v) is 2.14. The SMILES string of the molecule is N#CC[C@H](N)c1ccc2c(c1)OCO2. The van der Waals surface area contributed by atoms with Crippen molar-refractivity contribution in [2.24, 2.45) is 5.73 Å². The molecule has 1 aliphatic heterocycles. The van der Waals surface area contributed by atoms with Crippen molar-refractivity contribution in [2.75, 3.05) is 6.79 Å². The van der Waals surface area contributed by atoms with Crippen LogP contribution in [0.4, 0.5) is 0 Å². The molecule has 1 aromatic rings. The molecule has 0 bridgehead atoms. The van der Waals surface area contributed by atoms with Crippen LogP contribution in [0.5, 0.6) is 11.5 Å². The fraction of sp³-hybridized carbons (Fsp3) is 0.300. The number of nitrogens with two attached hydrogens (primary N) is 1. The molecule has 0 aromatic heterocycles. The molecule has 0 unspecified atom stereocenters. The molecule has 14 heavy (non-hydrogen) atoms. The van der Waals surface area contributed by atoms with Gasteiger partial charge in [0.15, 0.2) is 11.5 Å². The van der Waals surface area contributed by atoms with Gasteiger partial charge in [-0.2, -0.15) is 5.26 Å². The lowest BCUT2D eigenvalue weighted by Crippen LogP contribution is -2.08. The van der Waals surface area contributed by atoms with E-state index in [-0.39, 0.29) is 12.8 Å². The topological polar surface area (TPSA) is 68.3 Å². The number of ether oxygens (including phenoxy) is 2. The maximum absolute atomic E-state index is 8.51. The number of hydrogen-bond donors (Lipinski definition) is 1. The van der Waals surface area contributed by atoms with E-state index in [0.29, 0.717) is 12.2 Å². The number of fused-ring (bicyclic) bond motifs is 1. The first-order valence-electron chi connectivity index (χ1n) is 4.33. The van der Waals surface area contributed by atoms with Gasteiger partial charge in [0.25, 0.3) is 0 Å². The van der Waals surface area contributed by atoms with Crippen LogP contribution < -0.4 is 15.2 Å². The van der Waals surface area contributed by atoms with Gasteiger partial charge in [0.1, 0.15) is 0 Å². The van der Waals surface area contributed by atoms with Gasteiger partial charge in [-0.25, -0.2) is 0 Å². The van der Waals surface area contributed by atoms with Crippen LogP contribution in [0.25, 0.3) is 0 Å². The Balaban J connectivity index is 2.25. The number of rotatable bonds is 2. The Bertz CT molecular complexity index is 384. The average molecular weight is 190 g/mol. The molecule has 0 fully saturated rings. The first kappa shape index (κ1) is 8.85. The van der Waals surface area contributed by atoms with Crippen molar-refractivity contribution in [1.82, 2.24) is 0 Å². The molecule has 2 N–H and O–H groups in total. The van der Waals surface area contributed by atoms with E-state index in [1.54, 1.807) is 0 Å². The van der Waals surface area contributed by atoms with E-state index >= 15 is 0 Å². The Kier molecular flexibility index (Phi) is 2.25. The van der Waals surface area contributed by atoms with Crippen LogP contribution in [-0.4, -0.2) is 6.79 Å². The largest absolute Gasteiger partial charge is 0.454 e. The molecule has 4 heteroatoms. The van der Waals surface area contributed by atoms with Gasteiger partial charge < -0.3 is 15.2 Å². The lowest BCUT2D eigenvalue weighted by molar-refractivity contribution is 0.174.